The number of hydrogen-bond donors (Lipinski definition) is 17. The number of aliphatic carboxylic acids is 3. The fraction of sp³-hybridized carbons (Fsp3) is 0.689. The first-order valence-electron chi connectivity index (χ1n) is 24.8. The Balaban J connectivity index is 3.42. The molecule has 1 aliphatic rings. The summed E-state index contributed by atoms with van der Waals surface area (Å²) in [4.78, 5) is 180. The van der Waals surface area contributed by atoms with Crippen LogP contribution in [0.1, 0.15) is 104 Å². The molecule has 20 N–H and O–H groups in total. The maximum Gasteiger partial charge on any atom is 0.327 e. The first kappa shape index (κ1) is 67.8. The molecular formula is C45H75N13O18S. The van der Waals surface area contributed by atoms with Crippen LogP contribution in [-0.2, 0) is 67.1 Å². The molecule has 1 aliphatic heterocycles. The van der Waals surface area contributed by atoms with E-state index in [1.807, 2.05) is 0 Å². The van der Waals surface area contributed by atoms with E-state index in [-0.39, 0.29) is 57.4 Å². The van der Waals surface area contributed by atoms with Crippen LogP contribution in [0, 0.1) is 5.92 Å². The highest BCUT2D eigenvalue weighted by Gasteiger charge is 2.41. The van der Waals surface area contributed by atoms with E-state index in [0.717, 1.165) is 11.8 Å². The number of aliphatic hydroxyl groups is 1. The Bertz CT molecular complexity index is 2140. The number of carbonyl (C=O) groups excluding carboxylic acids is 11. The van der Waals surface area contributed by atoms with Crippen molar-refractivity contribution >= 4 is 95.5 Å². The SMILES string of the molecule is CC[C@H](C)[C@H](NC(=O)[C@H](CCCCN)NC(=O)[C@H](CCC(=O)O)NC(=O)[C@@H](N)CCC(=O)O)C(=O)N[C@H](C(=O)N[C@@H](CCC(N)=O)C(=O)N1CCC[C@H]1C(=O)N[C@@H](CC(N)=O)C(=O)NCC(=O)N[C@@H](CS)C(=O)O)[C@@H](C)O. The van der Waals surface area contributed by atoms with Crippen molar-refractivity contribution in [3.8, 4) is 0 Å². The van der Waals surface area contributed by atoms with Gasteiger partial charge in [0.25, 0.3) is 0 Å². The molecular weight excluding hydrogens is 1040 g/mol. The van der Waals surface area contributed by atoms with Gasteiger partial charge in [-0.1, -0.05) is 20.3 Å². The molecule has 0 aromatic heterocycles. The van der Waals surface area contributed by atoms with Gasteiger partial charge in [0.05, 0.1) is 25.1 Å². The fourth-order valence-electron chi connectivity index (χ4n) is 7.57. The van der Waals surface area contributed by atoms with E-state index in [1.54, 1.807) is 13.8 Å². The van der Waals surface area contributed by atoms with Crippen molar-refractivity contribution in [1.82, 2.24) is 47.4 Å². The molecule has 0 saturated carbocycles. The monoisotopic (exact) mass is 1120 g/mol. The predicted octanol–water partition coefficient (Wildman–Crippen LogP) is -6.74. The molecule has 0 unspecified atom stereocenters. The van der Waals surface area contributed by atoms with Gasteiger partial charge in [-0.05, 0) is 70.8 Å². The number of hydrogen-bond acceptors (Lipinski definition) is 18. The van der Waals surface area contributed by atoms with Crippen LogP contribution in [0.4, 0.5) is 0 Å². The van der Waals surface area contributed by atoms with Gasteiger partial charge in [0.15, 0.2) is 0 Å². The van der Waals surface area contributed by atoms with Crippen LogP contribution in [0.5, 0.6) is 0 Å². The second-order valence-corrected chi connectivity index (χ2v) is 18.7. The van der Waals surface area contributed by atoms with Crippen molar-refractivity contribution in [3.63, 3.8) is 0 Å². The molecule has 1 fully saturated rings. The third-order valence-electron chi connectivity index (χ3n) is 12.1. The van der Waals surface area contributed by atoms with Crippen LogP contribution >= 0.6 is 12.6 Å². The minimum absolute atomic E-state index is 0.0128. The summed E-state index contributed by atoms with van der Waals surface area (Å²) in [5.74, 6) is -16.1. The van der Waals surface area contributed by atoms with Gasteiger partial charge in [-0.25, -0.2) is 4.79 Å². The second kappa shape index (κ2) is 34.5. The quantitative estimate of drug-likeness (QED) is 0.0203. The molecule has 0 aromatic rings. The average Bonchev–Trinajstić information content (AvgIpc) is 3.86. The van der Waals surface area contributed by atoms with Gasteiger partial charge < -0.3 is 90.8 Å². The lowest BCUT2D eigenvalue weighted by atomic mass is 9.96. The van der Waals surface area contributed by atoms with Gasteiger partial charge in [0.2, 0.25) is 65.0 Å². The Morgan fingerprint density at radius 1 is 0.623 bits per heavy atom. The highest BCUT2D eigenvalue weighted by Crippen LogP contribution is 2.21. The second-order valence-electron chi connectivity index (χ2n) is 18.3. The largest absolute Gasteiger partial charge is 0.481 e. The van der Waals surface area contributed by atoms with Gasteiger partial charge >= 0.3 is 17.9 Å². The summed E-state index contributed by atoms with van der Waals surface area (Å²) in [6.07, 6.45) is -4.41. The van der Waals surface area contributed by atoms with Crippen LogP contribution < -0.4 is 65.5 Å². The first-order valence-corrected chi connectivity index (χ1v) is 25.4. The van der Waals surface area contributed by atoms with E-state index in [2.05, 4.69) is 55.2 Å². The van der Waals surface area contributed by atoms with E-state index in [9.17, 15) is 77.3 Å². The number of primary amides is 2. The number of thiol groups is 1. The van der Waals surface area contributed by atoms with Gasteiger partial charge in [-0.15, -0.1) is 0 Å². The number of rotatable bonds is 37. The Labute approximate surface area is 448 Å². The molecule has 11 atom stereocenters. The van der Waals surface area contributed by atoms with Crippen LogP contribution in [0.2, 0.25) is 0 Å². The number of amides is 11. The van der Waals surface area contributed by atoms with E-state index < -0.39 is 194 Å². The standard InChI is InChI=1S/C45H75N13O18S/c1-4-21(2)35(56-40(70)24(8-5-6-16-46)53-39(69)25(12-15-34(65)66)52-37(67)23(47)10-14-33(63)64)42(72)57-36(22(3)59)43(73)54-26(11-13-30(48)60)44(74)58-17-7-9-29(58)41(71)55-27(18-31(49)61)38(68)50-19-32(62)51-28(20-77)45(75)76/h21-29,35-36,59,77H,4-20,46-47H2,1-3H3,(H2,48,60)(H2,49,61)(H,50,68)(H,51,62)(H,52,67)(H,53,69)(H,54,73)(H,55,71)(H,56,70)(H,57,72)(H,63,64)(H,65,66)(H,75,76)/t21-,22+,23-,24-,25-,26-,27-,28-,29-,35-,36-/m0/s1. The summed E-state index contributed by atoms with van der Waals surface area (Å²) >= 11 is 3.83. The number of likely N-dealkylation sites (tertiary alicyclic amines) is 1. The van der Waals surface area contributed by atoms with E-state index >= 15 is 0 Å². The zero-order valence-corrected chi connectivity index (χ0v) is 44.0. The lowest BCUT2D eigenvalue weighted by molar-refractivity contribution is -0.143. The Morgan fingerprint density at radius 2 is 1.17 bits per heavy atom. The highest BCUT2D eigenvalue weighted by atomic mass is 32.1. The zero-order chi connectivity index (χ0) is 58.7. The summed E-state index contributed by atoms with van der Waals surface area (Å²) in [5, 5.41) is 57.0. The fourth-order valence-corrected chi connectivity index (χ4v) is 7.82. The Hall–Kier alpha value is -7.19. The number of carboxylic acid groups (broad SMARTS) is 3. The molecule has 31 nitrogen and oxygen atoms in total. The molecule has 32 heteroatoms. The van der Waals surface area contributed by atoms with E-state index in [1.165, 1.54) is 0 Å². The Morgan fingerprint density at radius 3 is 1.71 bits per heavy atom. The highest BCUT2D eigenvalue weighted by molar-refractivity contribution is 7.80. The number of carboxylic acids is 3. The number of nitrogens with zero attached hydrogens (tertiary/aromatic N) is 1. The molecule has 0 bridgehead atoms. The van der Waals surface area contributed by atoms with Gasteiger partial charge in [-0.3, -0.25) is 62.3 Å². The van der Waals surface area contributed by atoms with Gasteiger partial charge in [-0.2, -0.15) is 12.6 Å². The molecule has 1 heterocycles. The summed E-state index contributed by atoms with van der Waals surface area (Å²) < 4.78 is 0. The molecule has 1 saturated heterocycles. The van der Waals surface area contributed by atoms with Crippen LogP contribution in [0.3, 0.4) is 0 Å². The molecule has 0 aliphatic carbocycles. The molecule has 0 aromatic carbocycles. The Kier molecular flexibility index (Phi) is 30.4. The van der Waals surface area contributed by atoms with Crippen molar-refractivity contribution in [2.45, 2.75) is 165 Å². The number of unbranched alkanes of at least 4 members (excludes halogenated alkanes) is 1. The number of carbonyl (C=O) groups is 14. The van der Waals surface area contributed by atoms with Gasteiger partial charge in [0, 0.05) is 31.6 Å². The maximum absolute atomic E-state index is 14.2. The lowest BCUT2D eigenvalue weighted by Gasteiger charge is -2.32. The normalized spacial score (nSPS) is 16.9. The molecule has 0 spiro atoms. The van der Waals surface area contributed by atoms with Crippen LogP contribution in [-0.4, -0.2) is 194 Å². The maximum atomic E-state index is 14.2. The lowest BCUT2D eigenvalue weighted by Crippen LogP contribution is -2.62. The molecule has 77 heavy (non-hydrogen) atoms. The van der Waals surface area contributed by atoms with Crippen molar-refractivity contribution in [3.05, 3.63) is 0 Å². The van der Waals surface area contributed by atoms with Crippen molar-refractivity contribution in [2.24, 2.45) is 28.9 Å². The number of nitrogens with two attached hydrogens (primary N) is 4. The minimum atomic E-state index is -1.86. The van der Waals surface area contributed by atoms with Gasteiger partial charge in [0.1, 0.15) is 48.3 Å². The van der Waals surface area contributed by atoms with E-state index in [4.69, 9.17) is 33.1 Å². The summed E-state index contributed by atoms with van der Waals surface area (Å²) in [6.45, 7) is 3.62. The molecule has 0 radical (unpaired) electrons. The average molecular weight is 1120 g/mol. The predicted molar refractivity (Wildman–Crippen MR) is 271 cm³/mol. The smallest absolute Gasteiger partial charge is 0.327 e. The van der Waals surface area contributed by atoms with Crippen molar-refractivity contribution in [1.29, 1.82) is 0 Å². The molecule has 1 rings (SSSR count). The summed E-state index contributed by atoms with van der Waals surface area (Å²) in [6, 6.07) is -13.9. The third-order valence-corrected chi connectivity index (χ3v) is 12.5. The van der Waals surface area contributed by atoms with Crippen molar-refractivity contribution in [2.75, 3.05) is 25.4 Å². The zero-order valence-electron chi connectivity index (χ0n) is 43.1. The van der Waals surface area contributed by atoms with Crippen LogP contribution in [0.15, 0.2) is 0 Å². The number of nitrogens with one attached hydrogen (secondary N) is 8. The van der Waals surface area contributed by atoms with Crippen LogP contribution in [0.25, 0.3) is 0 Å². The minimum Gasteiger partial charge on any atom is -0.481 e. The first-order chi connectivity index (χ1) is 36.1. The molecule has 11 amide bonds. The third kappa shape index (κ3) is 24.6. The summed E-state index contributed by atoms with van der Waals surface area (Å²) in [7, 11) is 0. The summed E-state index contributed by atoms with van der Waals surface area (Å²) in [5.41, 5.74) is 22.1. The van der Waals surface area contributed by atoms with E-state index in [0.29, 0.717) is 6.42 Å². The topological polar surface area (TPSA) is 523 Å². The molecule has 434 valence electrons. The number of aliphatic hydroxyl groups excluding tert-OH is 1. The van der Waals surface area contributed by atoms with Crippen molar-refractivity contribution < 1.29 is 87.5 Å².